The summed E-state index contributed by atoms with van der Waals surface area (Å²) in [7, 11) is 0. The van der Waals surface area contributed by atoms with E-state index < -0.39 is 0 Å². The van der Waals surface area contributed by atoms with E-state index in [9.17, 15) is 4.79 Å². The van der Waals surface area contributed by atoms with Gasteiger partial charge in [-0.15, -0.1) is 0 Å². The van der Waals surface area contributed by atoms with Crippen LogP contribution < -0.4 is 11.1 Å². The molecule has 1 aromatic rings. The van der Waals surface area contributed by atoms with Gasteiger partial charge in [0.05, 0.1) is 12.6 Å². The van der Waals surface area contributed by atoms with E-state index in [1.165, 1.54) is 0 Å². The minimum absolute atomic E-state index is 0.0725. The van der Waals surface area contributed by atoms with Gasteiger partial charge in [0.1, 0.15) is 0 Å². The predicted octanol–water partition coefficient (Wildman–Crippen LogP) is 0.511. The molecule has 0 aromatic heterocycles. The molecular weight excluding hydrogens is 216 g/mol. The molecule has 1 amide bonds. The van der Waals surface area contributed by atoms with Crippen LogP contribution >= 0.6 is 0 Å². The average Bonchev–Trinajstić information content (AvgIpc) is 2.28. The quantitative estimate of drug-likeness (QED) is 0.726. The third kappa shape index (κ3) is 5.58. The lowest BCUT2D eigenvalue weighted by Gasteiger charge is -2.21. The molecule has 1 aromatic carbocycles. The SMILES string of the molecule is CC(C)NC(COCC([NH3+])=O)c1ccccc1. The fourth-order valence-electron chi connectivity index (χ4n) is 1.62. The highest BCUT2D eigenvalue weighted by atomic mass is 16.5. The summed E-state index contributed by atoms with van der Waals surface area (Å²) >= 11 is 0. The third-order valence-corrected chi connectivity index (χ3v) is 2.28. The van der Waals surface area contributed by atoms with Gasteiger partial charge in [-0.05, 0) is 5.56 Å². The zero-order valence-electron chi connectivity index (χ0n) is 10.5. The Bertz CT molecular complexity index is 339. The molecule has 0 spiro atoms. The van der Waals surface area contributed by atoms with Crippen LogP contribution in [0.25, 0.3) is 0 Å². The van der Waals surface area contributed by atoms with Crippen molar-refractivity contribution in [3.8, 4) is 0 Å². The van der Waals surface area contributed by atoms with Gasteiger partial charge in [0.2, 0.25) is 0 Å². The van der Waals surface area contributed by atoms with Crippen LogP contribution in [0.3, 0.4) is 0 Å². The number of hydrogen-bond acceptors (Lipinski definition) is 3. The van der Waals surface area contributed by atoms with Crippen LogP contribution in [0.15, 0.2) is 30.3 Å². The maximum Gasteiger partial charge on any atom is 0.334 e. The maximum atomic E-state index is 10.7. The number of nitrogens with one attached hydrogen (secondary N) is 1. The molecule has 4 N–H and O–H groups in total. The topological polar surface area (TPSA) is 66.0 Å². The number of carbonyl (C=O) groups is 1. The van der Waals surface area contributed by atoms with E-state index in [2.05, 4.69) is 37.0 Å². The Hall–Kier alpha value is -1.23. The highest BCUT2D eigenvalue weighted by Crippen LogP contribution is 2.13. The summed E-state index contributed by atoms with van der Waals surface area (Å²) in [6.07, 6.45) is 0. The van der Waals surface area contributed by atoms with Gasteiger partial charge in [-0.3, -0.25) is 5.73 Å². The Balaban J connectivity index is 2.58. The summed E-state index contributed by atoms with van der Waals surface area (Å²) in [5.74, 6) is -0.193. The number of ether oxygens (including phenoxy) is 1. The summed E-state index contributed by atoms with van der Waals surface area (Å²) in [6, 6.07) is 10.5. The van der Waals surface area contributed by atoms with Crippen LogP contribution in [0.1, 0.15) is 25.5 Å². The van der Waals surface area contributed by atoms with Crippen molar-refractivity contribution in [1.82, 2.24) is 5.32 Å². The van der Waals surface area contributed by atoms with Gasteiger partial charge in [0.25, 0.3) is 0 Å². The Labute approximate surface area is 102 Å². The van der Waals surface area contributed by atoms with Crippen molar-refractivity contribution in [1.29, 1.82) is 0 Å². The van der Waals surface area contributed by atoms with Crippen LogP contribution in [0.4, 0.5) is 0 Å². The van der Waals surface area contributed by atoms with Crippen molar-refractivity contribution < 1.29 is 15.3 Å². The Morgan fingerprint density at radius 1 is 1.35 bits per heavy atom. The largest absolute Gasteiger partial charge is 0.365 e. The number of carbonyl (C=O) groups excluding carboxylic acids is 1. The van der Waals surface area contributed by atoms with Crippen LogP contribution in [-0.4, -0.2) is 25.2 Å². The van der Waals surface area contributed by atoms with Crippen molar-refractivity contribution >= 4 is 5.91 Å². The first kappa shape index (κ1) is 13.8. The van der Waals surface area contributed by atoms with E-state index in [4.69, 9.17) is 4.74 Å². The van der Waals surface area contributed by atoms with Crippen LogP contribution in [0.2, 0.25) is 0 Å². The summed E-state index contributed by atoms with van der Waals surface area (Å²) in [5.41, 5.74) is 4.45. The first-order valence-corrected chi connectivity index (χ1v) is 5.83. The van der Waals surface area contributed by atoms with E-state index in [0.717, 1.165) is 5.56 Å². The first-order valence-electron chi connectivity index (χ1n) is 5.83. The standard InChI is InChI=1S/C13H20N2O2/c1-10(2)15-12(8-17-9-13(14)16)11-6-4-3-5-7-11/h3-7,10,12,15H,8-9H2,1-2H3,(H2,14,16)/p+1. The van der Waals surface area contributed by atoms with E-state index in [1.807, 2.05) is 18.2 Å². The number of amides is 1. The molecular formula is C13H21N2O2+. The fraction of sp³-hybridized carbons (Fsp3) is 0.462. The molecule has 1 atom stereocenters. The van der Waals surface area contributed by atoms with Crippen molar-refractivity contribution in [2.75, 3.05) is 13.2 Å². The van der Waals surface area contributed by atoms with Gasteiger partial charge >= 0.3 is 5.91 Å². The van der Waals surface area contributed by atoms with Crippen molar-refractivity contribution in [2.45, 2.75) is 25.9 Å². The highest BCUT2D eigenvalue weighted by molar-refractivity contribution is 5.65. The van der Waals surface area contributed by atoms with Crippen LogP contribution in [-0.2, 0) is 9.53 Å². The molecule has 1 rings (SSSR count). The van der Waals surface area contributed by atoms with E-state index in [-0.39, 0.29) is 18.6 Å². The molecule has 1 unspecified atom stereocenters. The molecule has 4 heteroatoms. The van der Waals surface area contributed by atoms with Crippen LogP contribution in [0.5, 0.6) is 0 Å². The van der Waals surface area contributed by atoms with Crippen molar-refractivity contribution in [2.24, 2.45) is 0 Å². The number of quaternary nitrogens is 1. The average molecular weight is 237 g/mol. The monoisotopic (exact) mass is 237 g/mol. The Morgan fingerprint density at radius 2 is 2.00 bits per heavy atom. The minimum Gasteiger partial charge on any atom is -0.365 e. The molecule has 0 saturated carbocycles. The maximum absolute atomic E-state index is 10.7. The van der Waals surface area contributed by atoms with Crippen LogP contribution in [0, 0.1) is 0 Å². The third-order valence-electron chi connectivity index (χ3n) is 2.28. The van der Waals surface area contributed by atoms with E-state index in [0.29, 0.717) is 12.6 Å². The molecule has 0 heterocycles. The smallest absolute Gasteiger partial charge is 0.334 e. The zero-order valence-corrected chi connectivity index (χ0v) is 10.5. The summed E-state index contributed by atoms with van der Waals surface area (Å²) < 4.78 is 5.34. The minimum atomic E-state index is -0.193. The second-order valence-electron chi connectivity index (χ2n) is 4.34. The lowest BCUT2D eigenvalue weighted by atomic mass is 10.1. The van der Waals surface area contributed by atoms with Gasteiger partial charge in [-0.2, -0.15) is 0 Å². The Kier molecular flexibility index (Phi) is 5.83. The van der Waals surface area contributed by atoms with E-state index >= 15 is 0 Å². The molecule has 0 fully saturated rings. The second-order valence-corrected chi connectivity index (χ2v) is 4.34. The van der Waals surface area contributed by atoms with Gasteiger partial charge in [-0.1, -0.05) is 44.2 Å². The fourth-order valence-corrected chi connectivity index (χ4v) is 1.62. The second kappa shape index (κ2) is 7.17. The molecule has 0 aliphatic carbocycles. The van der Waals surface area contributed by atoms with Gasteiger partial charge in [0.15, 0.2) is 6.61 Å². The molecule has 0 saturated heterocycles. The normalized spacial score (nSPS) is 12.7. The molecule has 94 valence electrons. The molecule has 0 aliphatic rings. The molecule has 4 nitrogen and oxygen atoms in total. The summed E-state index contributed by atoms with van der Waals surface area (Å²) in [4.78, 5) is 10.7. The first-order chi connectivity index (χ1) is 8.09. The zero-order chi connectivity index (χ0) is 12.7. The highest BCUT2D eigenvalue weighted by Gasteiger charge is 2.13. The van der Waals surface area contributed by atoms with E-state index in [1.54, 1.807) is 0 Å². The lowest BCUT2D eigenvalue weighted by molar-refractivity contribution is -0.309. The molecule has 17 heavy (non-hydrogen) atoms. The number of hydrogen-bond donors (Lipinski definition) is 2. The van der Waals surface area contributed by atoms with Crippen molar-refractivity contribution in [3.05, 3.63) is 35.9 Å². The number of benzene rings is 1. The number of rotatable bonds is 7. The molecule has 0 radical (unpaired) electrons. The summed E-state index contributed by atoms with van der Waals surface area (Å²) in [5, 5.41) is 3.41. The molecule has 0 bridgehead atoms. The van der Waals surface area contributed by atoms with Crippen molar-refractivity contribution in [3.63, 3.8) is 0 Å². The Morgan fingerprint density at radius 3 is 2.53 bits per heavy atom. The molecule has 0 aliphatic heterocycles. The summed E-state index contributed by atoms with van der Waals surface area (Å²) in [6.45, 7) is 4.72. The van der Waals surface area contributed by atoms with Gasteiger partial charge in [0, 0.05) is 6.04 Å². The van der Waals surface area contributed by atoms with Gasteiger partial charge in [-0.25, -0.2) is 4.79 Å². The van der Waals surface area contributed by atoms with Gasteiger partial charge < -0.3 is 10.1 Å². The predicted molar refractivity (Wildman–Crippen MR) is 66.2 cm³/mol. The lowest BCUT2D eigenvalue weighted by Crippen LogP contribution is -2.59.